The van der Waals surface area contributed by atoms with Crippen molar-refractivity contribution < 1.29 is 4.74 Å². The molecule has 0 spiro atoms. The fourth-order valence-electron chi connectivity index (χ4n) is 2.35. The first-order valence-electron chi connectivity index (χ1n) is 6.42. The van der Waals surface area contributed by atoms with Gasteiger partial charge in [0, 0.05) is 0 Å². The van der Waals surface area contributed by atoms with Crippen molar-refractivity contribution in [3.8, 4) is 5.75 Å². The topological polar surface area (TPSA) is 35.2 Å². The van der Waals surface area contributed by atoms with Crippen molar-refractivity contribution in [2.75, 3.05) is 13.7 Å². The molecule has 0 bridgehead atoms. The predicted octanol–water partition coefficient (Wildman–Crippen LogP) is 3.23. The van der Waals surface area contributed by atoms with Gasteiger partial charge in [0.2, 0.25) is 0 Å². The van der Waals surface area contributed by atoms with Gasteiger partial charge in [-0.3, -0.25) is 0 Å². The van der Waals surface area contributed by atoms with E-state index in [1.165, 1.54) is 23.1 Å². The van der Waals surface area contributed by atoms with Crippen LogP contribution in [0.4, 0.5) is 0 Å². The van der Waals surface area contributed by atoms with E-state index in [1.54, 1.807) is 7.11 Å². The molecule has 2 nitrogen and oxygen atoms in total. The van der Waals surface area contributed by atoms with Crippen LogP contribution >= 0.6 is 0 Å². The van der Waals surface area contributed by atoms with Gasteiger partial charge in [0.25, 0.3) is 0 Å². The van der Waals surface area contributed by atoms with Gasteiger partial charge in [-0.15, -0.1) is 0 Å². The van der Waals surface area contributed by atoms with E-state index >= 15 is 0 Å². The molecule has 2 heteroatoms. The van der Waals surface area contributed by atoms with Crippen LogP contribution < -0.4 is 10.5 Å². The molecule has 0 aliphatic carbocycles. The van der Waals surface area contributed by atoms with Crippen LogP contribution in [0.25, 0.3) is 0 Å². The Balaban J connectivity index is 2.67. The Labute approximate surface area is 105 Å². The fourth-order valence-corrected chi connectivity index (χ4v) is 2.35. The first-order chi connectivity index (χ1) is 8.08. The van der Waals surface area contributed by atoms with Gasteiger partial charge in [0.15, 0.2) is 0 Å². The first kappa shape index (κ1) is 14.0. The van der Waals surface area contributed by atoms with Crippen molar-refractivity contribution in [1.82, 2.24) is 0 Å². The molecule has 1 aromatic carbocycles. The summed E-state index contributed by atoms with van der Waals surface area (Å²) in [6.07, 6.45) is 3.46. The third-order valence-corrected chi connectivity index (χ3v) is 3.31. The molecule has 0 radical (unpaired) electrons. The zero-order chi connectivity index (χ0) is 12.8. The van der Waals surface area contributed by atoms with Crippen molar-refractivity contribution in [1.29, 1.82) is 0 Å². The highest BCUT2D eigenvalue weighted by atomic mass is 16.5. The largest absolute Gasteiger partial charge is 0.496 e. The lowest BCUT2D eigenvalue weighted by Crippen LogP contribution is -2.06. The van der Waals surface area contributed by atoms with Crippen molar-refractivity contribution >= 4 is 0 Å². The maximum atomic E-state index is 5.57. The molecule has 0 heterocycles. The summed E-state index contributed by atoms with van der Waals surface area (Å²) in [5, 5.41) is 0. The van der Waals surface area contributed by atoms with Crippen molar-refractivity contribution in [2.45, 2.75) is 40.0 Å². The van der Waals surface area contributed by atoms with Gasteiger partial charge in [-0.1, -0.05) is 19.1 Å². The molecular weight excluding hydrogens is 210 g/mol. The minimum absolute atomic E-state index is 0.711. The van der Waals surface area contributed by atoms with E-state index in [9.17, 15) is 0 Å². The standard InChI is InChI=1S/C15H25NO/c1-11(7-8-16)5-6-14-9-12(2)15(17-4)13(3)10-14/h9-11H,5-8,16H2,1-4H3. The average Bonchev–Trinajstić information content (AvgIpc) is 2.26. The highest BCUT2D eigenvalue weighted by molar-refractivity contribution is 5.43. The van der Waals surface area contributed by atoms with E-state index < -0.39 is 0 Å². The Morgan fingerprint density at radius 2 is 1.76 bits per heavy atom. The summed E-state index contributed by atoms with van der Waals surface area (Å²) in [6, 6.07) is 4.47. The lowest BCUT2D eigenvalue weighted by atomic mass is 9.96. The monoisotopic (exact) mass is 235 g/mol. The summed E-state index contributed by atoms with van der Waals surface area (Å²) in [7, 11) is 1.73. The molecule has 0 saturated carbocycles. The Morgan fingerprint density at radius 1 is 1.18 bits per heavy atom. The second-order valence-corrected chi connectivity index (χ2v) is 4.98. The number of benzene rings is 1. The Hall–Kier alpha value is -1.02. The number of nitrogens with two attached hydrogens (primary N) is 1. The lowest BCUT2D eigenvalue weighted by Gasteiger charge is -2.13. The highest BCUT2D eigenvalue weighted by Gasteiger charge is 2.07. The van der Waals surface area contributed by atoms with Gasteiger partial charge in [-0.05, 0) is 62.3 Å². The number of methoxy groups -OCH3 is 1. The van der Waals surface area contributed by atoms with Crippen LogP contribution in [0.5, 0.6) is 5.75 Å². The maximum Gasteiger partial charge on any atom is 0.124 e. The maximum absolute atomic E-state index is 5.57. The average molecular weight is 235 g/mol. The van der Waals surface area contributed by atoms with E-state index in [0.717, 1.165) is 25.1 Å². The minimum Gasteiger partial charge on any atom is -0.496 e. The molecule has 0 fully saturated rings. The van der Waals surface area contributed by atoms with Crippen LogP contribution in [0.15, 0.2) is 12.1 Å². The van der Waals surface area contributed by atoms with Crippen LogP contribution in [0.3, 0.4) is 0 Å². The smallest absolute Gasteiger partial charge is 0.124 e. The molecule has 1 rings (SSSR count). The molecule has 1 aromatic rings. The van der Waals surface area contributed by atoms with Crippen molar-refractivity contribution in [3.05, 3.63) is 28.8 Å². The van der Waals surface area contributed by atoms with Crippen molar-refractivity contribution in [2.24, 2.45) is 11.7 Å². The summed E-state index contributed by atoms with van der Waals surface area (Å²) in [5.41, 5.74) is 9.44. The molecule has 1 atom stereocenters. The Bertz CT molecular complexity index is 337. The van der Waals surface area contributed by atoms with E-state index in [1.807, 2.05) is 0 Å². The molecule has 0 aliphatic rings. The van der Waals surface area contributed by atoms with E-state index in [4.69, 9.17) is 10.5 Å². The molecule has 0 aromatic heterocycles. The Kier molecular flexibility index (Phi) is 5.49. The molecule has 17 heavy (non-hydrogen) atoms. The van der Waals surface area contributed by atoms with E-state index in [-0.39, 0.29) is 0 Å². The number of rotatable bonds is 6. The van der Waals surface area contributed by atoms with Gasteiger partial charge in [-0.2, -0.15) is 0 Å². The van der Waals surface area contributed by atoms with Gasteiger partial charge in [-0.25, -0.2) is 0 Å². The quantitative estimate of drug-likeness (QED) is 0.821. The third kappa shape index (κ3) is 4.04. The number of hydrogen-bond acceptors (Lipinski definition) is 2. The second kappa shape index (κ2) is 6.65. The van der Waals surface area contributed by atoms with Crippen LogP contribution in [0.2, 0.25) is 0 Å². The fraction of sp³-hybridized carbons (Fsp3) is 0.600. The summed E-state index contributed by atoms with van der Waals surface area (Å²) < 4.78 is 5.38. The van der Waals surface area contributed by atoms with Crippen LogP contribution in [0, 0.1) is 19.8 Å². The lowest BCUT2D eigenvalue weighted by molar-refractivity contribution is 0.408. The zero-order valence-electron chi connectivity index (χ0n) is 11.5. The summed E-state index contributed by atoms with van der Waals surface area (Å²) in [5.74, 6) is 1.73. The normalized spacial score (nSPS) is 12.5. The predicted molar refractivity (Wildman–Crippen MR) is 73.6 cm³/mol. The highest BCUT2D eigenvalue weighted by Crippen LogP contribution is 2.25. The number of aryl methyl sites for hydroxylation is 3. The first-order valence-corrected chi connectivity index (χ1v) is 6.42. The van der Waals surface area contributed by atoms with Gasteiger partial charge in [0.05, 0.1) is 7.11 Å². The summed E-state index contributed by atoms with van der Waals surface area (Å²) in [6.45, 7) is 7.29. The number of hydrogen-bond donors (Lipinski definition) is 1. The Morgan fingerprint density at radius 3 is 2.24 bits per heavy atom. The molecule has 2 N–H and O–H groups in total. The molecule has 0 aliphatic heterocycles. The SMILES string of the molecule is COc1c(C)cc(CCC(C)CCN)cc1C. The molecule has 1 unspecified atom stereocenters. The molecule has 0 amide bonds. The van der Waals surface area contributed by atoms with Gasteiger partial charge >= 0.3 is 0 Å². The summed E-state index contributed by atoms with van der Waals surface area (Å²) >= 11 is 0. The third-order valence-electron chi connectivity index (χ3n) is 3.31. The van der Waals surface area contributed by atoms with Crippen LogP contribution in [-0.4, -0.2) is 13.7 Å². The second-order valence-electron chi connectivity index (χ2n) is 4.98. The molecule has 0 saturated heterocycles. The molecule has 96 valence electrons. The van der Waals surface area contributed by atoms with Gasteiger partial charge in [0.1, 0.15) is 5.75 Å². The summed E-state index contributed by atoms with van der Waals surface area (Å²) in [4.78, 5) is 0. The molecular formula is C15H25NO. The van der Waals surface area contributed by atoms with E-state index in [0.29, 0.717) is 5.92 Å². The zero-order valence-corrected chi connectivity index (χ0v) is 11.5. The van der Waals surface area contributed by atoms with Crippen LogP contribution in [-0.2, 0) is 6.42 Å². The van der Waals surface area contributed by atoms with Crippen molar-refractivity contribution in [3.63, 3.8) is 0 Å². The minimum atomic E-state index is 0.711. The van der Waals surface area contributed by atoms with E-state index in [2.05, 4.69) is 32.9 Å². The van der Waals surface area contributed by atoms with Crippen LogP contribution in [0.1, 0.15) is 36.5 Å². The number of ether oxygens (including phenoxy) is 1. The van der Waals surface area contributed by atoms with Gasteiger partial charge < -0.3 is 10.5 Å².